The minimum atomic E-state index is -0.916. The van der Waals surface area contributed by atoms with Crippen LogP contribution in [0.25, 0.3) is 0 Å². The van der Waals surface area contributed by atoms with Gasteiger partial charge in [-0.05, 0) is 27.7 Å². The third-order valence-electron chi connectivity index (χ3n) is 1.74. The zero-order chi connectivity index (χ0) is 14.6. The van der Waals surface area contributed by atoms with Gasteiger partial charge in [-0.25, -0.2) is 4.79 Å². The largest absolute Gasteiger partial charge is 0.480 e. The monoisotopic (exact) mass is 304 g/mol. The first-order valence-corrected chi connectivity index (χ1v) is 7.19. The number of amides is 2. The van der Waals surface area contributed by atoms with Gasteiger partial charge in [-0.15, -0.1) is 10.2 Å². The first-order chi connectivity index (χ1) is 8.67. The highest BCUT2D eigenvalue weighted by Gasteiger charge is 2.18. The van der Waals surface area contributed by atoms with Crippen LogP contribution in [-0.4, -0.2) is 38.1 Å². The lowest BCUT2D eigenvalue weighted by Gasteiger charge is -2.19. The molecule has 19 heavy (non-hydrogen) atoms. The van der Waals surface area contributed by atoms with Crippen molar-refractivity contribution in [2.75, 3.05) is 5.32 Å². The lowest BCUT2D eigenvalue weighted by Crippen LogP contribution is -2.43. The van der Waals surface area contributed by atoms with Crippen molar-refractivity contribution in [2.24, 2.45) is 0 Å². The van der Waals surface area contributed by atoms with E-state index in [1.807, 2.05) is 20.8 Å². The predicted octanol–water partition coefficient (Wildman–Crippen LogP) is 2.02. The van der Waals surface area contributed by atoms with Crippen molar-refractivity contribution in [1.82, 2.24) is 15.5 Å². The number of carboxylic acid groups (broad SMARTS) is 1. The first-order valence-electron chi connectivity index (χ1n) is 5.49. The zero-order valence-corrected chi connectivity index (χ0v) is 12.7. The van der Waals surface area contributed by atoms with Gasteiger partial charge in [0.1, 0.15) is 5.25 Å². The highest BCUT2D eigenvalue weighted by atomic mass is 32.2. The number of anilines is 1. The third-order valence-corrected chi connectivity index (χ3v) is 3.75. The normalized spacial score (nSPS) is 12.8. The van der Waals surface area contributed by atoms with Gasteiger partial charge in [0.25, 0.3) is 0 Å². The Balaban J connectivity index is 2.56. The Morgan fingerprint density at radius 3 is 2.53 bits per heavy atom. The van der Waals surface area contributed by atoms with Crippen LogP contribution in [0.3, 0.4) is 0 Å². The van der Waals surface area contributed by atoms with Crippen molar-refractivity contribution >= 4 is 40.2 Å². The summed E-state index contributed by atoms with van der Waals surface area (Å²) in [6.45, 7) is 7.15. The second kappa shape index (κ2) is 6.20. The Morgan fingerprint density at radius 1 is 1.37 bits per heavy atom. The number of nitrogens with one attached hydrogen (secondary N) is 2. The summed E-state index contributed by atoms with van der Waals surface area (Å²) >= 11 is 2.22. The van der Waals surface area contributed by atoms with E-state index in [1.54, 1.807) is 6.92 Å². The smallest absolute Gasteiger partial charge is 0.321 e. The molecule has 1 heterocycles. The topological polar surface area (TPSA) is 104 Å². The molecule has 7 nitrogen and oxygen atoms in total. The van der Waals surface area contributed by atoms with Crippen LogP contribution in [-0.2, 0) is 4.79 Å². The Bertz CT molecular complexity index is 470. The number of carboxylic acids is 1. The van der Waals surface area contributed by atoms with E-state index in [2.05, 4.69) is 20.8 Å². The van der Waals surface area contributed by atoms with Gasteiger partial charge < -0.3 is 10.4 Å². The first kappa shape index (κ1) is 15.7. The number of aromatic nitrogens is 2. The molecule has 1 rings (SSSR count). The Kier molecular flexibility index (Phi) is 5.12. The molecule has 0 radical (unpaired) electrons. The number of rotatable bonds is 4. The minimum Gasteiger partial charge on any atom is -0.480 e. The summed E-state index contributed by atoms with van der Waals surface area (Å²) in [5.41, 5.74) is -0.343. The van der Waals surface area contributed by atoms with Crippen LogP contribution in [0.15, 0.2) is 4.34 Å². The number of nitrogens with zero attached hydrogens (tertiary/aromatic N) is 2. The molecule has 2 amide bonds. The number of carbonyl (C=O) groups is 2. The highest BCUT2D eigenvalue weighted by Crippen LogP contribution is 2.28. The molecule has 1 aromatic rings. The van der Waals surface area contributed by atoms with E-state index < -0.39 is 11.2 Å². The average Bonchev–Trinajstić information content (AvgIpc) is 2.61. The molecule has 0 bridgehead atoms. The van der Waals surface area contributed by atoms with Gasteiger partial charge in [0.05, 0.1) is 0 Å². The SMILES string of the molecule is C[C@@H](Sc1nnc(NC(=O)NC(C)(C)C)s1)C(=O)O. The zero-order valence-electron chi connectivity index (χ0n) is 11.1. The molecule has 0 unspecified atom stereocenters. The number of aliphatic carboxylic acids is 1. The van der Waals surface area contributed by atoms with Crippen molar-refractivity contribution in [3.05, 3.63) is 0 Å². The fraction of sp³-hybridized carbons (Fsp3) is 0.600. The molecule has 0 aliphatic rings. The van der Waals surface area contributed by atoms with Gasteiger partial charge in [0.15, 0.2) is 4.34 Å². The van der Waals surface area contributed by atoms with Crippen molar-refractivity contribution in [3.8, 4) is 0 Å². The summed E-state index contributed by atoms with van der Waals surface area (Å²) in [7, 11) is 0. The molecular weight excluding hydrogens is 288 g/mol. The molecule has 0 saturated heterocycles. The van der Waals surface area contributed by atoms with Crippen molar-refractivity contribution in [2.45, 2.75) is 42.8 Å². The number of hydrogen-bond donors (Lipinski definition) is 3. The van der Waals surface area contributed by atoms with E-state index in [4.69, 9.17) is 5.11 Å². The summed E-state index contributed by atoms with van der Waals surface area (Å²) in [5.74, 6) is -0.916. The van der Waals surface area contributed by atoms with E-state index >= 15 is 0 Å². The van der Waals surface area contributed by atoms with Crippen LogP contribution >= 0.6 is 23.1 Å². The van der Waals surface area contributed by atoms with Crippen LogP contribution in [0.2, 0.25) is 0 Å². The maximum Gasteiger partial charge on any atom is 0.321 e. The molecule has 0 spiro atoms. The van der Waals surface area contributed by atoms with Crippen molar-refractivity contribution in [3.63, 3.8) is 0 Å². The lowest BCUT2D eigenvalue weighted by atomic mass is 10.1. The number of carbonyl (C=O) groups excluding carboxylic acids is 1. The van der Waals surface area contributed by atoms with Crippen molar-refractivity contribution in [1.29, 1.82) is 0 Å². The highest BCUT2D eigenvalue weighted by molar-refractivity contribution is 8.02. The second-order valence-electron chi connectivity index (χ2n) is 4.80. The van der Waals surface area contributed by atoms with Gasteiger partial charge in [-0.2, -0.15) is 0 Å². The molecule has 1 aromatic heterocycles. The van der Waals surface area contributed by atoms with E-state index in [-0.39, 0.29) is 11.6 Å². The average molecular weight is 304 g/mol. The van der Waals surface area contributed by atoms with E-state index in [0.717, 1.165) is 23.1 Å². The number of thioether (sulfide) groups is 1. The Morgan fingerprint density at radius 2 is 2.00 bits per heavy atom. The molecule has 0 aliphatic heterocycles. The fourth-order valence-electron chi connectivity index (χ4n) is 0.979. The molecule has 1 atom stereocenters. The molecule has 0 aromatic carbocycles. The molecule has 106 valence electrons. The predicted molar refractivity (Wildman–Crippen MR) is 74.8 cm³/mol. The summed E-state index contributed by atoms with van der Waals surface area (Å²) in [6, 6.07) is -0.369. The third kappa shape index (κ3) is 5.88. The molecular formula is C10H16N4O3S2. The second-order valence-corrected chi connectivity index (χ2v) is 7.37. The van der Waals surface area contributed by atoms with Crippen LogP contribution < -0.4 is 10.6 Å². The maximum atomic E-state index is 11.6. The summed E-state index contributed by atoms with van der Waals surface area (Å²) in [4.78, 5) is 22.3. The number of hydrogen-bond acceptors (Lipinski definition) is 6. The Hall–Kier alpha value is -1.35. The van der Waals surface area contributed by atoms with Crippen LogP contribution in [0.5, 0.6) is 0 Å². The minimum absolute atomic E-state index is 0.335. The maximum absolute atomic E-state index is 11.6. The van der Waals surface area contributed by atoms with E-state index in [1.165, 1.54) is 0 Å². The van der Waals surface area contributed by atoms with Crippen LogP contribution in [0.4, 0.5) is 9.93 Å². The summed E-state index contributed by atoms with van der Waals surface area (Å²) in [6.07, 6.45) is 0. The standard InChI is InChI=1S/C10H16N4O3S2/c1-5(6(15)16)18-9-14-13-8(19-9)11-7(17)12-10(2,3)4/h5H,1-4H3,(H,15,16)(H2,11,12,13,17)/t5-/m1/s1. The van der Waals surface area contributed by atoms with E-state index in [0.29, 0.717) is 9.47 Å². The van der Waals surface area contributed by atoms with Gasteiger partial charge in [0, 0.05) is 5.54 Å². The van der Waals surface area contributed by atoms with Gasteiger partial charge >= 0.3 is 12.0 Å². The van der Waals surface area contributed by atoms with Crippen LogP contribution in [0, 0.1) is 0 Å². The van der Waals surface area contributed by atoms with Gasteiger partial charge in [0.2, 0.25) is 5.13 Å². The van der Waals surface area contributed by atoms with Crippen LogP contribution in [0.1, 0.15) is 27.7 Å². The van der Waals surface area contributed by atoms with Gasteiger partial charge in [-0.3, -0.25) is 10.1 Å². The Labute approximate surface area is 119 Å². The summed E-state index contributed by atoms with van der Waals surface area (Å²) < 4.78 is 0.501. The fourth-order valence-corrected chi connectivity index (χ4v) is 2.80. The quantitative estimate of drug-likeness (QED) is 0.580. The molecule has 0 fully saturated rings. The van der Waals surface area contributed by atoms with E-state index in [9.17, 15) is 9.59 Å². The van der Waals surface area contributed by atoms with Crippen molar-refractivity contribution < 1.29 is 14.7 Å². The number of urea groups is 1. The molecule has 0 saturated carbocycles. The molecule has 0 aliphatic carbocycles. The van der Waals surface area contributed by atoms with Gasteiger partial charge in [-0.1, -0.05) is 23.1 Å². The lowest BCUT2D eigenvalue weighted by molar-refractivity contribution is -0.136. The molecule has 3 N–H and O–H groups in total. The molecule has 9 heteroatoms. The summed E-state index contributed by atoms with van der Waals surface area (Å²) in [5, 5.41) is 21.4.